The van der Waals surface area contributed by atoms with Crippen molar-refractivity contribution < 1.29 is 4.79 Å². The lowest BCUT2D eigenvalue weighted by atomic mass is 10.1. The molecule has 1 aliphatic rings. The van der Waals surface area contributed by atoms with Gasteiger partial charge in [-0.25, -0.2) is 4.98 Å². The highest BCUT2D eigenvalue weighted by Crippen LogP contribution is 2.44. The van der Waals surface area contributed by atoms with Gasteiger partial charge in [0.1, 0.15) is 0 Å². The summed E-state index contributed by atoms with van der Waals surface area (Å²) >= 11 is 5.23. The van der Waals surface area contributed by atoms with Crippen molar-refractivity contribution >= 4 is 45.9 Å². The van der Waals surface area contributed by atoms with Crippen LogP contribution in [0, 0.1) is 0 Å². The fourth-order valence-corrected chi connectivity index (χ4v) is 5.91. The molecule has 1 N–H and O–H groups in total. The summed E-state index contributed by atoms with van der Waals surface area (Å²) in [6, 6.07) is 16.6. The summed E-state index contributed by atoms with van der Waals surface area (Å²) in [7, 11) is 0. The van der Waals surface area contributed by atoms with E-state index in [1.54, 1.807) is 11.3 Å². The molecule has 3 nitrogen and oxygen atoms in total. The molecule has 0 spiro atoms. The standard InChI is InChI=1S/C21H20N2OS3/c1-13(2)26-15-9-7-14(8-10-15)11-19(24)22-21-23-20-16-5-3-4-6-17(16)25-12-18(20)27-21/h3-10,13H,11-12H2,1-2H3,(H,22,23,24). The monoisotopic (exact) mass is 412 g/mol. The number of fused-ring (bicyclic) bond motifs is 3. The maximum atomic E-state index is 12.4. The molecule has 0 saturated carbocycles. The third-order valence-corrected chi connectivity index (χ3v) is 7.37. The number of benzene rings is 2. The Morgan fingerprint density at radius 1 is 1.19 bits per heavy atom. The van der Waals surface area contributed by atoms with Crippen molar-refractivity contribution in [2.45, 2.75) is 41.1 Å². The van der Waals surface area contributed by atoms with E-state index in [9.17, 15) is 4.79 Å². The number of nitrogens with zero attached hydrogens (tertiary/aromatic N) is 1. The third-order valence-electron chi connectivity index (χ3n) is 4.10. The van der Waals surface area contributed by atoms with Gasteiger partial charge in [0, 0.05) is 31.2 Å². The summed E-state index contributed by atoms with van der Waals surface area (Å²) < 4.78 is 0. The van der Waals surface area contributed by atoms with E-state index in [1.165, 1.54) is 20.2 Å². The summed E-state index contributed by atoms with van der Waals surface area (Å²) in [5.74, 6) is 0.890. The van der Waals surface area contributed by atoms with Crippen molar-refractivity contribution in [1.29, 1.82) is 0 Å². The summed E-state index contributed by atoms with van der Waals surface area (Å²) in [4.78, 5) is 20.9. The number of thiazole rings is 1. The van der Waals surface area contributed by atoms with Crippen molar-refractivity contribution in [3.63, 3.8) is 0 Å². The fourth-order valence-electron chi connectivity index (χ4n) is 2.95. The lowest BCUT2D eigenvalue weighted by molar-refractivity contribution is -0.115. The van der Waals surface area contributed by atoms with Gasteiger partial charge in [-0.05, 0) is 23.8 Å². The fraction of sp³-hybridized carbons (Fsp3) is 0.238. The van der Waals surface area contributed by atoms with E-state index in [0.717, 1.165) is 17.0 Å². The van der Waals surface area contributed by atoms with E-state index in [2.05, 4.69) is 49.5 Å². The molecule has 0 atom stereocenters. The Morgan fingerprint density at radius 2 is 1.96 bits per heavy atom. The van der Waals surface area contributed by atoms with E-state index in [0.29, 0.717) is 16.8 Å². The van der Waals surface area contributed by atoms with E-state index >= 15 is 0 Å². The second kappa shape index (κ2) is 8.09. The number of carbonyl (C=O) groups excluding carboxylic acids is 1. The minimum Gasteiger partial charge on any atom is -0.302 e. The van der Waals surface area contributed by atoms with Gasteiger partial charge in [0.25, 0.3) is 0 Å². The van der Waals surface area contributed by atoms with E-state index in [-0.39, 0.29) is 5.91 Å². The smallest absolute Gasteiger partial charge is 0.230 e. The third kappa shape index (κ3) is 4.39. The summed E-state index contributed by atoms with van der Waals surface area (Å²) in [5, 5.41) is 4.22. The number of amides is 1. The summed E-state index contributed by atoms with van der Waals surface area (Å²) in [5.41, 5.74) is 3.20. The minimum absolute atomic E-state index is 0.0219. The number of thioether (sulfide) groups is 2. The number of nitrogens with one attached hydrogen (secondary N) is 1. The Balaban J connectivity index is 1.43. The molecule has 2 aromatic carbocycles. The molecule has 6 heteroatoms. The van der Waals surface area contributed by atoms with Crippen LogP contribution in [0.15, 0.2) is 58.3 Å². The average molecular weight is 413 g/mol. The maximum absolute atomic E-state index is 12.4. The van der Waals surface area contributed by atoms with Gasteiger partial charge in [-0.3, -0.25) is 4.79 Å². The van der Waals surface area contributed by atoms with E-state index in [1.807, 2.05) is 41.7 Å². The molecule has 1 amide bonds. The number of carbonyl (C=O) groups is 1. The van der Waals surface area contributed by atoms with Gasteiger partial charge in [-0.2, -0.15) is 0 Å². The van der Waals surface area contributed by atoms with Gasteiger partial charge in [-0.15, -0.1) is 34.9 Å². The molecule has 0 saturated heterocycles. The molecule has 0 unspecified atom stereocenters. The van der Waals surface area contributed by atoms with Crippen molar-refractivity contribution in [1.82, 2.24) is 4.98 Å². The van der Waals surface area contributed by atoms with Crippen LogP contribution in [0.4, 0.5) is 5.13 Å². The molecule has 4 rings (SSSR count). The Kier molecular flexibility index (Phi) is 5.57. The Labute approximate surface area is 172 Å². The number of rotatable bonds is 5. The number of hydrogen-bond acceptors (Lipinski definition) is 5. The van der Waals surface area contributed by atoms with E-state index < -0.39 is 0 Å². The average Bonchev–Trinajstić information content (AvgIpc) is 3.05. The first-order valence-corrected chi connectivity index (χ1v) is 11.5. The predicted octanol–water partition coefficient (Wildman–Crippen LogP) is 6.10. The van der Waals surface area contributed by atoms with Crippen LogP contribution in [-0.2, 0) is 17.0 Å². The van der Waals surface area contributed by atoms with Gasteiger partial charge in [0.05, 0.1) is 12.1 Å². The van der Waals surface area contributed by atoms with Crippen molar-refractivity contribution in [2.24, 2.45) is 0 Å². The van der Waals surface area contributed by atoms with Crippen LogP contribution in [-0.4, -0.2) is 16.1 Å². The first-order valence-electron chi connectivity index (χ1n) is 8.86. The van der Waals surface area contributed by atoms with Crippen LogP contribution in [0.1, 0.15) is 24.3 Å². The highest BCUT2D eigenvalue weighted by Gasteiger charge is 2.21. The van der Waals surface area contributed by atoms with Crippen LogP contribution in [0.25, 0.3) is 11.3 Å². The molecule has 1 aliphatic heterocycles. The van der Waals surface area contributed by atoms with Crippen LogP contribution in [0.5, 0.6) is 0 Å². The largest absolute Gasteiger partial charge is 0.302 e. The lowest BCUT2D eigenvalue weighted by Crippen LogP contribution is -2.14. The summed E-state index contributed by atoms with van der Waals surface area (Å²) in [6.07, 6.45) is 0.363. The molecule has 0 bridgehead atoms. The second-order valence-corrected chi connectivity index (χ2v) is 10.4. The van der Waals surface area contributed by atoms with Crippen molar-refractivity contribution in [3.05, 3.63) is 59.0 Å². The van der Waals surface area contributed by atoms with Crippen LogP contribution in [0.3, 0.4) is 0 Å². The molecule has 3 aromatic rings. The lowest BCUT2D eigenvalue weighted by Gasteiger charge is -2.13. The first-order chi connectivity index (χ1) is 13.1. The molecular formula is C21H20N2OS3. The van der Waals surface area contributed by atoms with E-state index in [4.69, 9.17) is 4.98 Å². The quantitative estimate of drug-likeness (QED) is 0.514. The van der Waals surface area contributed by atoms with Crippen LogP contribution >= 0.6 is 34.9 Å². The zero-order chi connectivity index (χ0) is 18.8. The Morgan fingerprint density at radius 3 is 2.74 bits per heavy atom. The van der Waals surface area contributed by atoms with Gasteiger partial charge < -0.3 is 5.32 Å². The molecular weight excluding hydrogens is 392 g/mol. The predicted molar refractivity (Wildman–Crippen MR) is 117 cm³/mol. The zero-order valence-corrected chi connectivity index (χ0v) is 17.6. The molecule has 27 heavy (non-hydrogen) atoms. The highest BCUT2D eigenvalue weighted by molar-refractivity contribution is 8.00. The molecule has 0 radical (unpaired) electrons. The molecule has 138 valence electrons. The van der Waals surface area contributed by atoms with Crippen LogP contribution < -0.4 is 5.32 Å². The molecule has 0 fully saturated rings. The maximum Gasteiger partial charge on any atom is 0.230 e. The number of anilines is 1. The first kappa shape index (κ1) is 18.6. The highest BCUT2D eigenvalue weighted by atomic mass is 32.2. The SMILES string of the molecule is CC(C)Sc1ccc(CC(=O)Nc2nc3c(s2)CSc2ccccc2-3)cc1. The Bertz CT molecular complexity index is 964. The van der Waals surface area contributed by atoms with Gasteiger partial charge in [-0.1, -0.05) is 44.2 Å². The molecule has 1 aromatic heterocycles. The van der Waals surface area contributed by atoms with Gasteiger partial charge in [0.2, 0.25) is 5.91 Å². The van der Waals surface area contributed by atoms with Crippen LogP contribution in [0.2, 0.25) is 0 Å². The van der Waals surface area contributed by atoms with Gasteiger partial charge in [0.15, 0.2) is 5.13 Å². The van der Waals surface area contributed by atoms with Crippen molar-refractivity contribution in [2.75, 3.05) is 5.32 Å². The normalized spacial score (nSPS) is 12.6. The van der Waals surface area contributed by atoms with Gasteiger partial charge >= 0.3 is 0 Å². The molecule has 2 heterocycles. The summed E-state index contributed by atoms with van der Waals surface area (Å²) in [6.45, 7) is 4.35. The Hall–Kier alpha value is -1.76. The topological polar surface area (TPSA) is 42.0 Å². The number of aromatic nitrogens is 1. The zero-order valence-electron chi connectivity index (χ0n) is 15.2. The number of hydrogen-bond donors (Lipinski definition) is 1. The van der Waals surface area contributed by atoms with Crippen molar-refractivity contribution in [3.8, 4) is 11.3 Å². The molecule has 0 aliphatic carbocycles. The minimum atomic E-state index is -0.0219. The second-order valence-electron chi connectivity index (χ2n) is 6.61.